The molecular formula is C25H22N2O2. The van der Waals surface area contributed by atoms with Crippen LogP contribution in [0.2, 0.25) is 0 Å². The van der Waals surface area contributed by atoms with E-state index in [1.54, 1.807) is 6.07 Å². The zero-order valence-electron chi connectivity index (χ0n) is 16.3. The minimum absolute atomic E-state index is 0.146. The summed E-state index contributed by atoms with van der Waals surface area (Å²) in [4.78, 5) is 19.7. The first-order chi connectivity index (χ1) is 14.2. The molecular weight excluding hydrogens is 360 g/mol. The van der Waals surface area contributed by atoms with Crippen LogP contribution in [0.4, 0.5) is 0 Å². The van der Waals surface area contributed by atoms with Gasteiger partial charge in [0.05, 0.1) is 12.3 Å². The van der Waals surface area contributed by atoms with E-state index in [-0.39, 0.29) is 5.56 Å². The topological polar surface area (TPSA) is 55.0 Å². The van der Waals surface area contributed by atoms with Crippen LogP contribution >= 0.6 is 0 Å². The van der Waals surface area contributed by atoms with E-state index in [1.165, 1.54) is 0 Å². The molecule has 1 aromatic heterocycles. The first kappa shape index (κ1) is 18.7. The number of nitrogens with zero attached hydrogens (tertiary/aromatic N) is 1. The van der Waals surface area contributed by atoms with Gasteiger partial charge >= 0.3 is 0 Å². The van der Waals surface area contributed by atoms with Crippen molar-refractivity contribution < 1.29 is 4.74 Å². The molecule has 0 saturated carbocycles. The Bertz CT molecular complexity index is 1150. The molecule has 0 aliphatic carbocycles. The molecule has 0 aliphatic rings. The van der Waals surface area contributed by atoms with Gasteiger partial charge in [0.1, 0.15) is 11.6 Å². The van der Waals surface area contributed by atoms with Crippen molar-refractivity contribution in [3.63, 3.8) is 0 Å². The largest absolute Gasteiger partial charge is 0.494 e. The minimum atomic E-state index is -0.146. The first-order valence-electron chi connectivity index (χ1n) is 9.70. The molecule has 0 saturated heterocycles. The Morgan fingerprint density at radius 1 is 0.862 bits per heavy atom. The molecule has 0 atom stereocenters. The second-order valence-corrected chi connectivity index (χ2v) is 6.74. The molecule has 4 nitrogen and oxygen atoms in total. The summed E-state index contributed by atoms with van der Waals surface area (Å²) in [5.41, 5.74) is 4.84. The zero-order chi connectivity index (χ0) is 20.1. The summed E-state index contributed by atoms with van der Waals surface area (Å²) < 4.78 is 5.54. The van der Waals surface area contributed by atoms with Crippen LogP contribution in [-0.2, 0) is 6.42 Å². The standard InChI is InChI=1S/C25H22N2O2/c1-2-29-22-14-12-18(13-15-22)23-11-7-6-10-20(23)16-21-17-24(28)27-25(26-21)19-8-4-3-5-9-19/h3-15,17H,2,16H2,1H3,(H,26,27,28). The molecule has 1 heterocycles. The van der Waals surface area contributed by atoms with Crippen LogP contribution in [0, 0.1) is 0 Å². The maximum Gasteiger partial charge on any atom is 0.251 e. The summed E-state index contributed by atoms with van der Waals surface area (Å²) in [6, 6.07) is 27.6. The van der Waals surface area contributed by atoms with E-state index in [9.17, 15) is 4.79 Å². The smallest absolute Gasteiger partial charge is 0.251 e. The summed E-state index contributed by atoms with van der Waals surface area (Å²) in [7, 11) is 0. The van der Waals surface area contributed by atoms with Crippen molar-refractivity contribution >= 4 is 0 Å². The molecule has 0 aliphatic heterocycles. The summed E-state index contributed by atoms with van der Waals surface area (Å²) >= 11 is 0. The van der Waals surface area contributed by atoms with Gasteiger partial charge in [-0.15, -0.1) is 0 Å². The van der Waals surface area contributed by atoms with Gasteiger partial charge in [-0.05, 0) is 35.7 Å². The van der Waals surface area contributed by atoms with Crippen molar-refractivity contribution in [3.05, 3.63) is 107 Å². The number of H-pyrrole nitrogens is 1. The predicted molar refractivity (Wildman–Crippen MR) is 116 cm³/mol. The van der Waals surface area contributed by atoms with Crippen LogP contribution in [0.1, 0.15) is 18.2 Å². The van der Waals surface area contributed by atoms with E-state index in [4.69, 9.17) is 9.72 Å². The minimum Gasteiger partial charge on any atom is -0.494 e. The van der Waals surface area contributed by atoms with Crippen LogP contribution in [0.5, 0.6) is 5.75 Å². The van der Waals surface area contributed by atoms with Gasteiger partial charge in [-0.2, -0.15) is 0 Å². The third-order valence-electron chi connectivity index (χ3n) is 4.71. The molecule has 0 radical (unpaired) electrons. The fraction of sp³-hybridized carbons (Fsp3) is 0.120. The number of aromatic nitrogens is 2. The molecule has 4 aromatic rings. The van der Waals surface area contributed by atoms with Gasteiger partial charge < -0.3 is 9.72 Å². The summed E-state index contributed by atoms with van der Waals surface area (Å²) in [6.07, 6.45) is 0.577. The number of benzene rings is 3. The molecule has 0 amide bonds. The first-order valence-corrected chi connectivity index (χ1v) is 9.70. The highest BCUT2D eigenvalue weighted by molar-refractivity contribution is 5.68. The second kappa shape index (κ2) is 8.57. The van der Waals surface area contributed by atoms with Crippen LogP contribution < -0.4 is 10.3 Å². The molecule has 1 N–H and O–H groups in total. The molecule has 0 spiro atoms. The van der Waals surface area contributed by atoms with E-state index >= 15 is 0 Å². The van der Waals surface area contributed by atoms with E-state index in [2.05, 4.69) is 29.2 Å². The van der Waals surface area contributed by atoms with E-state index in [0.717, 1.165) is 33.7 Å². The third kappa shape index (κ3) is 4.43. The number of hydrogen-bond donors (Lipinski definition) is 1. The summed E-state index contributed by atoms with van der Waals surface area (Å²) in [6.45, 7) is 2.62. The van der Waals surface area contributed by atoms with Crippen LogP contribution in [0.25, 0.3) is 22.5 Å². The number of rotatable bonds is 6. The fourth-order valence-electron chi connectivity index (χ4n) is 3.38. The molecule has 4 rings (SSSR count). The monoisotopic (exact) mass is 382 g/mol. The van der Waals surface area contributed by atoms with Gasteiger partial charge in [-0.25, -0.2) is 4.98 Å². The predicted octanol–water partition coefficient (Wildman–Crippen LogP) is 5.09. The molecule has 144 valence electrons. The molecule has 29 heavy (non-hydrogen) atoms. The fourth-order valence-corrected chi connectivity index (χ4v) is 3.38. The number of hydrogen-bond acceptors (Lipinski definition) is 3. The van der Waals surface area contributed by atoms with Crippen molar-refractivity contribution in [2.75, 3.05) is 6.61 Å². The van der Waals surface area contributed by atoms with Gasteiger partial charge in [0.2, 0.25) is 0 Å². The van der Waals surface area contributed by atoms with Gasteiger partial charge in [-0.1, -0.05) is 66.7 Å². The average molecular weight is 382 g/mol. The molecule has 3 aromatic carbocycles. The highest BCUT2D eigenvalue weighted by atomic mass is 16.5. The third-order valence-corrected chi connectivity index (χ3v) is 4.71. The van der Waals surface area contributed by atoms with Gasteiger partial charge in [-0.3, -0.25) is 4.79 Å². The maximum absolute atomic E-state index is 12.2. The Morgan fingerprint density at radius 2 is 1.59 bits per heavy atom. The highest BCUT2D eigenvalue weighted by Gasteiger charge is 2.09. The molecule has 0 unspecified atom stereocenters. The quantitative estimate of drug-likeness (QED) is 0.505. The Hall–Kier alpha value is -3.66. The van der Waals surface area contributed by atoms with E-state index < -0.39 is 0 Å². The average Bonchev–Trinajstić information content (AvgIpc) is 2.75. The number of nitrogens with one attached hydrogen (secondary N) is 1. The van der Waals surface area contributed by atoms with Crippen LogP contribution in [0.3, 0.4) is 0 Å². The number of ether oxygens (including phenoxy) is 1. The number of aromatic amines is 1. The van der Waals surface area contributed by atoms with Crippen LogP contribution in [-0.4, -0.2) is 16.6 Å². The lowest BCUT2D eigenvalue weighted by Gasteiger charge is -2.11. The maximum atomic E-state index is 12.2. The van der Waals surface area contributed by atoms with Crippen molar-refractivity contribution in [1.82, 2.24) is 9.97 Å². The van der Waals surface area contributed by atoms with Gasteiger partial charge in [0.25, 0.3) is 5.56 Å². The molecule has 0 bridgehead atoms. The van der Waals surface area contributed by atoms with Crippen molar-refractivity contribution in [1.29, 1.82) is 0 Å². The lowest BCUT2D eigenvalue weighted by Crippen LogP contribution is -2.11. The SMILES string of the molecule is CCOc1ccc(-c2ccccc2Cc2cc(=O)[nH]c(-c3ccccc3)n2)cc1. The second-order valence-electron chi connectivity index (χ2n) is 6.74. The van der Waals surface area contributed by atoms with E-state index in [1.807, 2.05) is 61.5 Å². The Balaban J connectivity index is 1.67. The lowest BCUT2D eigenvalue weighted by molar-refractivity contribution is 0.340. The van der Waals surface area contributed by atoms with Gasteiger partial charge in [0, 0.05) is 18.1 Å². The Morgan fingerprint density at radius 3 is 2.34 bits per heavy atom. The zero-order valence-corrected chi connectivity index (χ0v) is 16.3. The van der Waals surface area contributed by atoms with E-state index in [0.29, 0.717) is 18.9 Å². The summed E-state index contributed by atoms with van der Waals surface area (Å²) in [5.74, 6) is 1.45. The highest BCUT2D eigenvalue weighted by Crippen LogP contribution is 2.27. The van der Waals surface area contributed by atoms with Crippen molar-refractivity contribution in [2.24, 2.45) is 0 Å². The summed E-state index contributed by atoms with van der Waals surface area (Å²) in [5, 5.41) is 0. The van der Waals surface area contributed by atoms with Crippen LogP contribution in [0.15, 0.2) is 89.7 Å². The Kier molecular flexibility index (Phi) is 5.52. The Labute approximate surface area is 169 Å². The van der Waals surface area contributed by atoms with Gasteiger partial charge in [0.15, 0.2) is 0 Å². The molecule has 4 heteroatoms. The molecule has 0 fully saturated rings. The lowest BCUT2D eigenvalue weighted by atomic mass is 9.96. The van der Waals surface area contributed by atoms with Crippen molar-refractivity contribution in [3.8, 4) is 28.3 Å². The normalized spacial score (nSPS) is 10.7. The van der Waals surface area contributed by atoms with Crippen molar-refractivity contribution in [2.45, 2.75) is 13.3 Å².